The molecule has 1 atom stereocenters. The van der Waals surface area contributed by atoms with Crippen LogP contribution in [0.1, 0.15) is 21.8 Å². The first-order chi connectivity index (χ1) is 9.10. The van der Waals surface area contributed by atoms with Crippen molar-refractivity contribution in [3.63, 3.8) is 0 Å². The molecule has 1 aromatic carbocycles. The smallest absolute Gasteiger partial charge is 0.312 e. The molecule has 1 unspecified atom stereocenters. The topological polar surface area (TPSA) is 98.9 Å². The summed E-state index contributed by atoms with van der Waals surface area (Å²) in [5.74, 6) is -1.43. The molecule has 1 aromatic rings. The van der Waals surface area contributed by atoms with Crippen molar-refractivity contribution >= 4 is 28.2 Å². The number of nitrogens with two attached hydrogens (primary N) is 1. The Morgan fingerprint density at radius 1 is 1.47 bits per heavy atom. The van der Waals surface area contributed by atoms with E-state index >= 15 is 0 Å². The predicted molar refractivity (Wildman–Crippen MR) is 70.0 cm³/mol. The highest BCUT2D eigenvalue weighted by Gasteiger charge is 2.30. The molecule has 1 heterocycles. The number of hydrogen-bond donors (Lipinski definition) is 2. The molecule has 102 valence electrons. The Morgan fingerprint density at radius 3 is 2.63 bits per heavy atom. The lowest BCUT2D eigenvalue weighted by atomic mass is 9.96. The van der Waals surface area contributed by atoms with Gasteiger partial charge in [-0.3, -0.25) is 9.59 Å². The number of benzene rings is 1. The van der Waals surface area contributed by atoms with Gasteiger partial charge in [0.2, 0.25) is 0 Å². The fraction of sp³-hybridized carbons (Fsp3) is 0.333. The van der Waals surface area contributed by atoms with Crippen molar-refractivity contribution < 1.29 is 24.2 Å². The molecule has 0 amide bonds. The molecule has 7 heteroatoms. The Hall–Kier alpha value is -1.60. The van der Waals surface area contributed by atoms with Gasteiger partial charge in [0.25, 0.3) is 0 Å². The van der Waals surface area contributed by atoms with E-state index in [1.54, 1.807) is 0 Å². The monoisotopic (exact) mass is 329 g/mol. The highest BCUT2D eigenvalue weighted by atomic mass is 79.9. The lowest BCUT2D eigenvalue weighted by Crippen LogP contribution is -2.25. The number of carboxylic acid groups (broad SMARTS) is 1. The van der Waals surface area contributed by atoms with E-state index < -0.39 is 11.9 Å². The maximum absolute atomic E-state index is 11.3. The molecule has 0 saturated carbocycles. The van der Waals surface area contributed by atoms with Crippen LogP contribution in [-0.4, -0.2) is 37.1 Å². The van der Waals surface area contributed by atoms with Gasteiger partial charge < -0.3 is 20.3 Å². The number of carboxylic acids is 1. The Bertz CT molecular complexity index is 531. The number of hydrogen-bond acceptors (Lipinski definition) is 5. The zero-order chi connectivity index (χ0) is 14.0. The van der Waals surface area contributed by atoms with Crippen LogP contribution in [0.2, 0.25) is 0 Å². The number of fused-ring (bicyclic) bond motifs is 1. The van der Waals surface area contributed by atoms with Crippen LogP contribution >= 0.6 is 15.9 Å². The van der Waals surface area contributed by atoms with E-state index in [9.17, 15) is 14.7 Å². The molecule has 0 spiro atoms. The van der Waals surface area contributed by atoms with Crippen molar-refractivity contribution in [2.45, 2.75) is 5.92 Å². The van der Waals surface area contributed by atoms with Crippen LogP contribution in [0.3, 0.4) is 0 Å². The van der Waals surface area contributed by atoms with Crippen molar-refractivity contribution in [1.29, 1.82) is 0 Å². The standard InChI is InChI=1S/C12H12BrNO5/c13-8-3-6(5-15)10-11(19-2-1-18-10)9(8)7(4-14)12(16)17/h3,5,7H,1-2,4,14H2,(H,16,17). The maximum atomic E-state index is 11.3. The normalized spacial score (nSPS) is 14.8. The van der Waals surface area contributed by atoms with Crippen molar-refractivity contribution in [3.05, 3.63) is 21.7 Å². The minimum Gasteiger partial charge on any atom is -0.486 e. The Labute approximate surface area is 117 Å². The third-order valence-corrected chi connectivity index (χ3v) is 3.49. The summed E-state index contributed by atoms with van der Waals surface area (Å²) in [4.78, 5) is 22.3. The molecule has 6 nitrogen and oxygen atoms in total. The van der Waals surface area contributed by atoms with E-state index in [1.165, 1.54) is 6.07 Å². The van der Waals surface area contributed by atoms with Gasteiger partial charge in [0.1, 0.15) is 13.2 Å². The number of rotatable bonds is 4. The largest absolute Gasteiger partial charge is 0.486 e. The fourth-order valence-electron chi connectivity index (χ4n) is 1.98. The molecule has 1 aliphatic rings. The first-order valence-corrected chi connectivity index (χ1v) is 6.39. The van der Waals surface area contributed by atoms with Crippen molar-refractivity contribution in [2.24, 2.45) is 5.73 Å². The highest BCUT2D eigenvalue weighted by molar-refractivity contribution is 9.10. The molecule has 19 heavy (non-hydrogen) atoms. The van der Waals surface area contributed by atoms with Crippen LogP contribution in [0.4, 0.5) is 0 Å². The second-order valence-electron chi connectivity index (χ2n) is 3.96. The van der Waals surface area contributed by atoms with Gasteiger partial charge in [0, 0.05) is 16.6 Å². The van der Waals surface area contributed by atoms with Gasteiger partial charge in [0.05, 0.1) is 11.5 Å². The van der Waals surface area contributed by atoms with Crippen molar-refractivity contribution in [1.82, 2.24) is 0 Å². The average Bonchev–Trinajstić information content (AvgIpc) is 2.41. The van der Waals surface area contributed by atoms with E-state index in [4.69, 9.17) is 15.2 Å². The zero-order valence-electron chi connectivity index (χ0n) is 9.89. The first kappa shape index (κ1) is 13.8. The van der Waals surface area contributed by atoms with Gasteiger partial charge in [0.15, 0.2) is 17.8 Å². The van der Waals surface area contributed by atoms with Crippen LogP contribution < -0.4 is 15.2 Å². The van der Waals surface area contributed by atoms with Crippen LogP contribution in [0.25, 0.3) is 0 Å². The van der Waals surface area contributed by atoms with Gasteiger partial charge in [-0.25, -0.2) is 0 Å². The van der Waals surface area contributed by atoms with Gasteiger partial charge in [-0.1, -0.05) is 15.9 Å². The number of aliphatic carboxylic acids is 1. The average molecular weight is 330 g/mol. The van der Waals surface area contributed by atoms with Gasteiger partial charge in [-0.05, 0) is 6.07 Å². The van der Waals surface area contributed by atoms with E-state index in [2.05, 4.69) is 15.9 Å². The lowest BCUT2D eigenvalue weighted by Gasteiger charge is -2.25. The predicted octanol–water partition coefficient (Wildman–Crippen LogP) is 1.16. The van der Waals surface area contributed by atoms with E-state index in [0.717, 1.165) is 0 Å². The van der Waals surface area contributed by atoms with E-state index in [-0.39, 0.29) is 18.0 Å². The van der Waals surface area contributed by atoms with E-state index in [1.807, 2.05) is 0 Å². The number of aldehydes is 1. The Morgan fingerprint density at radius 2 is 2.11 bits per heavy atom. The lowest BCUT2D eigenvalue weighted by molar-refractivity contribution is -0.138. The summed E-state index contributed by atoms with van der Waals surface area (Å²) in [6.07, 6.45) is 0.639. The second kappa shape index (κ2) is 5.58. The molecule has 2 rings (SSSR count). The zero-order valence-corrected chi connectivity index (χ0v) is 11.5. The molecular formula is C12H12BrNO5. The van der Waals surface area contributed by atoms with Gasteiger partial charge in [-0.15, -0.1) is 0 Å². The summed E-state index contributed by atoms with van der Waals surface area (Å²) < 4.78 is 11.4. The third kappa shape index (κ3) is 2.43. The Balaban J connectivity index is 2.66. The molecule has 0 fully saturated rings. The van der Waals surface area contributed by atoms with Gasteiger partial charge in [-0.2, -0.15) is 0 Å². The van der Waals surface area contributed by atoms with Gasteiger partial charge >= 0.3 is 5.97 Å². The molecule has 0 bridgehead atoms. The summed E-state index contributed by atoms with van der Waals surface area (Å²) in [6, 6.07) is 1.52. The number of halogens is 1. The minimum absolute atomic E-state index is 0.0792. The number of ether oxygens (including phenoxy) is 2. The number of carbonyl (C=O) groups is 2. The van der Waals surface area contributed by atoms with Crippen LogP contribution in [-0.2, 0) is 4.79 Å². The molecular weight excluding hydrogens is 318 g/mol. The maximum Gasteiger partial charge on any atom is 0.312 e. The first-order valence-electron chi connectivity index (χ1n) is 5.60. The summed E-state index contributed by atoms with van der Waals surface area (Å²) in [5.41, 5.74) is 6.22. The summed E-state index contributed by atoms with van der Waals surface area (Å²) in [7, 11) is 0. The third-order valence-electron chi connectivity index (χ3n) is 2.84. The van der Waals surface area contributed by atoms with Crippen LogP contribution in [0.5, 0.6) is 11.5 Å². The fourth-order valence-corrected chi connectivity index (χ4v) is 2.68. The molecule has 0 radical (unpaired) electrons. The number of carbonyl (C=O) groups excluding carboxylic acids is 1. The summed E-state index contributed by atoms with van der Waals surface area (Å²) >= 11 is 3.26. The van der Waals surface area contributed by atoms with E-state index in [0.29, 0.717) is 35.1 Å². The minimum atomic E-state index is -1.06. The molecule has 0 aliphatic carbocycles. The molecule has 0 saturated heterocycles. The van der Waals surface area contributed by atoms with Crippen LogP contribution in [0, 0.1) is 0 Å². The summed E-state index contributed by atoms with van der Waals surface area (Å²) in [6.45, 7) is 0.533. The molecule has 1 aliphatic heterocycles. The van der Waals surface area contributed by atoms with Crippen molar-refractivity contribution in [2.75, 3.05) is 19.8 Å². The van der Waals surface area contributed by atoms with Crippen molar-refractivity contribution in [3.8, 4) is 11.5 Å². The van der Waals surface area contributed by atoms with Crippen LogP contribution in [0.15, 0.2) is 10.5 Å². The quantitative estimate of drug-likeness (QED) is 0.804. The summed E-state index contributed by atoms with van der Waals surface area (Å²) in [5, 5.41) is 9.21. The molecule has 0 aromatic heterocycles. The molecule has 3 N–H and O–H groups in total. The Kier molecular flexibility index (Phi) is 4.06. The second-order valence-corrected chi connectivity index (χ2v) is 4.82. The SMILES string of the molecule is NCC(C(=O)O)c1c(Br)cc(C=O)c2c1OCCO2. The highest BCUT2D eigenvalue weighted by Crippen LogP contribution is 2.44.